The van der Waals surface area contributed by atoms with Crippen LogP contribution in [-0.2, 0) is 22.4 Å². The van der Waals surface area contributed by atoms with Crippen molar-refractivity contribution in [3.63, 3.8) is 0 Å². The van der Waals surface area contributed by atoms with Crippen molar-refractivity contribution in [2.75, 3.05) is 30.4 Å². The minimum Gasteiger partial charge on any atom is -0.497 e. The predicted molar refractivity (Wildman–Crippen MR) is 127 cm³/mol. The summed E-state index contributed by atoms with van der Waals surface area (Å²) in [6.45, 7) is -0.171. The number of amides is 2. The van der Waals surface area contributed by atoms with Gasteiger partial charge in [0.25, 0.3) is 0 Å². The van der Waals surface area contributed by atoms with E-state index in [0.717, 1.165) is 46.9 Å². The fraction of sp³-hybridized carbons (Fsp3) is 0.240. The number of benzene rings is 2. The fourth-order valence-electron chi connectivity index (χ4n) is 4.27. The third kappa shape index (κ3) is 4.14. The van der Waals surface area contributed by atoms with Crippen molar-refractivity contribution in [3.05, 3.63) is 75.9 Å². The molecule has 1 N–H and O–H groups in total. The predicted octanol–water partition coefficient (Wildman–Crippen LogP) is 4.21. The Morgan fingerprint density at radius 3 is 2.64 bits per heavy atom. The van der Waals surface area contributed by atoms with Crippen LogP contribution in [0.2, 0.25) is 0 Å². The van der Waals surface area contributed by atoms with E-state index >= 15 is 0 Å². The number of fused-ring (bicyclic) bond motifs is 3. The molecule has 168 valence electrons. The third-order valence-electron chi connectivity index (χ3n) is 5.85. The van der Waals surface area contributed by atoms with Gasteiger partial charge in [0.05, 0.1) is 12.8 Å². The third-order valence-corrected chi connectivity index (χ3v) is 7.17. The van der Waals surface area contributed by atoms with Crippen LogP contribution in [0.3, 0.4) is 0 Å². The van der Waals surface area contributed by atoms with Crippen molar-refractivity contribution in [1.82, 2.24) is 0 Å². The monoisotopic (exact) mass is 463 g/mol. The Balaban J connectivity index is 1.49. The summed E-state index contributed by atoms with van der Waals surface area (Å²) < 4.78 is 18.5. The fourth-order valence-corrected chi connectivity index (χ4v) is 5.68. The number of anilines is 2. The molecular formula is C25H22FN3O3S. The zero-order chi connectivity index (χ0) is 22.9. The molecular weight excluding hydrogens is 441 g/mol. The SMILES string of the molecule is COc1ccc(C2=NCC(=O)N(CC(=O)Nc3ccc(F)cc3)c3sc4c(c32)CCC4)cc1. The van der Waals surface area contributed by atoms with Gasteiger partial charge in [0.1, 0.15) is 29.7 Å². The van der Waals surface area contributed by atoms with Crippen molar-refractivity contribution in [3.8, 4) is 5.75 Å². The van der Waals surface area contributed by atoms with Crippen LogP contribution in [0.15, 0.2) is 53.5 Å². The normalized spacial score (nSPS) is 14.9. The van der Waals surface area contributed by atoms with E-state index in [0.29, 0.717) is 5.69 Å². The van der Waals surface area contributed by atoms with Crippen LogP contribution >= 0.6 is 11.3 Å². The lowest BCUT2D eigenvalue weighted by molar-refractivity contribution is -0.120. The maximum absolute atomic E-state index is 13.2. The second-order valence-corrected chi connectivity index (χ2v) is 9.05. The molecule has 0 atom stereocenters. The lowest BCUT2D eigenvalue weighted by Crippen LogP contribution is -2.38. The molecule has 8 heteroatoms. The number of rotatable bonds is 5. The lowest BCUT2D eigenvalue weighted by atomic mass is 9.99. The number of ether oxygens (including phenoxy) is 1. The Labute approximate surface area is 194 Å². The highest BCUT2D eigenvalue weighted by atomic mass is 32.1. The second-order valence-electron chi connectivity index (χ2n) is 7.97. The van der Waals surface area contributed by atoms with Crippen molar-refractivity contribution in [1.29, 1.82) is 0 Å². The first-order valence-electron chi connectivity index (χ1n) is 10.7. The van der Waals surface area contributed by atoms with Gasteiger partial charge in [-0.3, -0.25) is 19.5 Å². The summed E-state index contributed by atoms with van der Waals surface area (Å²) in [6.07, 6.45) is 2.97. The largest absolute Gasteiger partial charge is 0.497 e. The van der Waals surface area contributed by atoms with Gasteiger partial charge < -0.3 is 10.1 Å². The van der Waals surface area contributed by atoms with Gasteiger partial charge >= 0.3 is 0 Å². The topological polar surface area (TPSA) is 71.0 Å². The van der Waals surface area contributed by atoms with E-state index in [9.17, 15) is 14.0 Å². The zero-order valence-corrected chi connectivity index (χ0v) is 18.9. The molecule has 2 amide bonds. The van der Waals surface area contributed by atoms with E-state index in [1.165, 1.54) is 39.6 Å². The molecule has 0 spiro atoms. The maximum Gasteiger partial charge on any atom is 0.249 e. The number of halogens is 1. The Bertz CT molecular complexity index is 1250. The molecule has 0 unspecified atom stereocenters. The quantitative estimate of drug-likeness (QED) is 0.616. The van der Waals surface area contributed by atoms with Crippen molar-refractivity contribution in [2.45, 2.75) is 19.3 Å². The van der Waals surface area contributed by atoms with Gasteiger partial charge in [0.2, 0.25) is 11.8 Å². The molecule has 1 aliphatic heterocycles. The standard InChI is InChI=1S/C25H22FN3O3S/c1-32-18-11-5-15(6-12-18)24-23-19-3-2-4-20(19)33-25(23)29(22(31)13-27-24)14-21(30)28-17-9-7-16(26)8-10-17/h5-12H,2-4,13-14H2,1H3,(H,28,30). The Morgan fingerprint density at radius 2 is 1.91 bits per heavy atom. The smallest absolute Gasteiger partial charge is 0.249 e. The van der Waals surface area contributed by atoms with Crippen LogP contribution in [0, 0.1) is 5.82 Å². The summed E-state index contributed by atoms with van der Waals surface area (Å²) >= 11 is 1.58. The van der Waals surface area contributed by atoms with Crippen molar-refractivity contribution in [2.24, 2.45) is 4.99 Å². The van der Waals surface area contributed by atoms with Crippen molar-refractivity contribution >= 4 is 39.6 Å². The number of hydrogen-bond donors (Lipinski definition) is 1. The van der Waals surface area contributed by atoms with E-state index in [1.807, 2.05) is 24.3 Å². The van der Waals surface area contributed by atoms with E-state index in [4.69, 9.17) is 9.73 Å². The number of carbonyl (C=O) groups excluding carboxylic acids is 2. The first kappa shape index (κ1) is 21.3. The van der Waals surface area contributed by atoms with Gasteiger partial charge in [-0.05, 0) is 73.4 Å². The van der Waals surface area contributed by atoms with E-state index in [1.54, 1.807) is 18.4 Å². The van der Waals surface area contributed by atoms with Gasteiger partial charge in [-0.15, -0.1) is 11.3 Å². The summed E-state index contributed by atoms with van der Waals surface area (Å²) in [5.74, 6) is -0.202. The van der Waals surface area contributed by atoms with Crippen LogP contribution in [0.4, 0.5) is 15.1 Å². The zero-order valence-electron chi connectivity index (χ0n) is 18.1. The molecule has 0 saturated carbocycles. The number of thiophene rings is 1. The van der Waals surface area contributed by atoms with E-state index in [2.05, 4.69) is 5.32 Å². The van der Waals surface area contributed by atoms with Gasteiger partial charge in [-0.2, -0.15) is 0 Å². The molecule has 0 fully saturated rings. The highest BCUT2D eigenvalue weighted by Crippen LogP contribution is 2.43. The first-order valence-corrected chi connectivity index (χ1v) is 11.5. The summed E-state index contributed by atoms with van der Waals surface area (Å²) in [7, 11) is 1.62. The first-order chi connectivity index (χ1) is 16.0. The molecule has 2 aromatic carbocycles. The molecule has 0 radical (unpaired) electrons. The number of aryl methyl sites for hydroxylation is 1. The lowest BCUT2D eigenvalue weighted by Gasteiger charge is -2.20. The van der Waals surface area contributed by atoms with Crippen LogP contribution in [0.25, 0.3) is 0 Å². The molecule has 5 rings (SSSR count). The molecule has 3 aromatic rings. The second kappa shape index (κ2) is 8.78. The van der Waals surface area contributed by atoms with E-state index < -0.39 is 0 Å². The van der Waals surface area contributed by atoms with Crippen LogP contribution < -0.4 is 15.0 Å². The van der Waals surface area contributed by atoms with Gasteiger partial charge in [0, 0.05) is 21.7 Å². The van der Waals surface area contributed by atoms with Crippen molar-refractivity contribution < 1.29 is 18.7 Å². The number of aliphatic imine (C=N–C) groups is 1. The number of carbonyl (C=O) groups is 2. The Kier molecular flexibility index (Phi) is 5.68. The minimum absolute atomic E-state index is 0.0403. The van der Waals surface area contributed by atoms with Gasteiger partial charge in [-0.25, -0.2) is 4.39 Å². The molecule has 0 bridgehead atoms. The van der Waals surface area contributed by atoms with E-state index in [-0.39, 0.29) is 30.7 Å². The average molecular weight is 464 g/mol. The number of nitrogens with zero attached hydrogens (tertiary/aromatic N) is 2. The maximum atomic E-state index is 13.2. The van der Waals surface area contributed by atoms with Gasteiger partial charge in [0.15, 0.2) is 0 Å². The molecule has 33 heavy (non-hydrogen) atoms. The number of nitrogens with one attached hydrogen (secondary N) is 1. The highest BCUT2D eigenvalue weighted by molar-refractivity contribution is 7.17. The Hall–Kier alpha value is -3.52. The molecule has 6 nitrogen and oxygen atoms in total. The summed E-state index contributed by atoms with van der Waals surface area (Å²) in [4.78, 5) is 33.4. The molecule has 2 aliphatic rings. The average Bonchev–Trinajstić information content (AvgIpc) is 3.38. The van der Waals surface area contributed by atoms with Crippen LogP contribution in [-0.4, -0.2) is 37.7 Å². The molecule has 1 aromatic heterocycles. The number of methoxy groups -OCH3 is 1. The van der Waals surface area contributed by atoms with Gasteiger partial charge in [-0.1, -0.05) is 0 Å². The highest BCUT2D eigenvalue weighted by Gasteiger charge is 2.33. The minimum atomic E-state index is -0.378. The Morgan fingerprint density at radius 1 is 1.15 bits per heavy atom. The summed E-state index contributed by atoms with van der Waals surface area (Å²) in [5, 5.41) is 3.52. The molecule has 0 saturated heterocycles. The van der Waals surface area contributed by atoms with Crippen LogP contribution in [0.5, 0.6) is 5.75 Å². The number of hydrogen-bond acceptors (Lipinski definition) is 5. The molecule has 1 aliphatic carbocycles. The summed E-state index contributed by atoms with van der Waals surface area (Å²) in [5.41, 5.74) is 4.35. The summed E-state index contributed by atoms with van der Waals surface area (Å²) in [6, 6.07) is 13.2. The van der Waals surface area contributed by atoms with Crippen LogP contribution in [0.1, 0.15) is 28.0 Å². The molecule has 2 heterocycles.